The van der Waals surface area contributed by atoms with Gasteiger partial charge < -0.3 is 14.8 Å². The molecule has 1 saturated heterocycles. The van der Waals surface area contributed by atoms with Gasteiger partial charge in [-0.05, 0) is 19.1 Å². The molecular weight excluding hydrogens is 266 g/mol. The Balaban J connectivity index is 2.28. The topological polar surface area (TPSA) is 74.0 Å². The molecule has 6 heteroatoms. The smallest absolute Gasteiger partial charge is 0.252 e. The lowest BCUT2D eigenvalue weighted by molar-refractivity contribution is 0.501. The Kier molecular flexibility index (Phi) is 3.35. The number of aromatic nitrogens is 2. The molecule has 0 amide bonds. The second-order valence-corrected chi connectivity index (χ2v) is 5.35. The zero-order chi connectivity index (χ0) is 15.0. The van der Waals surface area contributed by atoms with Crippen LogP contribution in [-0.2, 0) is 7.05 Å². The summed E-state index contributed by atoms with van der Waals surface area (Å²) in [7, 11) is 1.73. The summed E-state index contributed by atoms with van der Waals surface area (Å²) in [6, 6.07) is 7.40. The lowest BCUT2D eigenvalue weighted by atomic mass is 10.1. The van der Waals surface area contributed by atoms with E-state index in [4.69, 9.17) is 5.26 Å². The predicted octanol–water partition coefficient (Wildman–Crippen LogP) is 0.603. The van der Waals surface area contributed by atoms with Crippen LogP contribution >= 0.6 is 0 Å². The number of hydrogen-bond donors (Lipinski definition) is 1. The molecule has 1 N–H and O–H groups in total. The van der Waals surface area contributed by atoms with Crippen molar-refractivity contribution in [3.8, 4) is 6.07 Å². The standard InChI is InChI=1S/C15H17N5O/c1-10-9-17-5-6-20(10)13-7-14(21)19(2)12-4-3-11(8-16)18-15(12)13/h3-4,7,10,17H,5-6,9H2,1-2H3/t10-/m0/s1. The van der Waals surface area contributed by atoms with Crippen molar-refractivity contribution in [3.05, 3.63) is 34.2 Å². The minimum atomic E-state index is -0.0604. The van der Waals surface area contributed by atoms with Crippen LogP contribution in [0.2, 0.25) is 0 Å². The maximum absolute atomic E-state index is 12.2. The molecule has 1 aliphatic rings. The maximum atomic E-state index is 12.2. The fourth-order valence-electron chi connectivity index (χ4n) is 2.79. The molecular formula is C15H17N5O. The number of pyridine rings is 2. The molecule has 0 aliphatic carbocycles. The van der Waals surface area contributed by atoms with Crippen molar-refractivity contribution in [2.45, 2.75) is 13.0 Å². The molecule has 3 heterocycles. The highest BCUT2D eigenvalue weighted by molar-refractivity contribution is 5.88. The molecule has 6 nitrogen and oxygen atoms in total. The fraction of sp³-hybridized carbons (Fsp3) is 0.400. The normalized spacial score (nSPS) is 18.7. The van der Waals surface area contributed by atoms with Crippen molar-refractivity contribution >= 4 is 16.7 Å². The van der Waals surface area contributed by atoms with Crippen LogP contribution in [0.4, 0.5) is 5.69 Å². The number of rotatable bonds is 1. The zero-order valence-electron chi connectivity index (χ0n) is 12.1. The van der Waals surface area contributed by atoms with E-state index in [-0.39, 0.29) is 11.6 Å². The van der Waals surface area contributed by atoms with E-state index in [0.717, 1.165) is 30.8 Å². The van der Waals surface area contributed by atoms with Crippen molar-refractivity contribution in [1.82, 2.24) is 14.9 Å². The first-order chi connectivity index (χ1) is 10.1. The second-order valence-electron chi connectivity index (χ2n) is 5.35. The number of nitrogens with one attached hydrogen (secondary N) is 1. The van der Waals surface area contributed by atoms with Gasteiger partial charge in [0.15, 0.2) is 0 Å². The summed E-state index contributed by atoms with van der Waals surface area (Å²) in [6.07, 6.45) is 0. The van der Waals surface area contributed by atoms with Gasteiger partial charge in [-0.25, -0.2) is 4.98 Å². The largest absolute Gasteiger partial charge is 0.364 e. The van der Waals surface area contributed by atoms with Gasteiger partial charge in [0.2, 0.25) is 0 Å². The molecule has 0 spiro atoms. The van der Waals surface area contributed by atoms with Gasteiger partial charge in [0.05, 0.1) is 11.2 Å². The van der Waals surface area contributed by atoms with Crippen molar-refractivity contribution < 1.29 is 0 Å². The highest BCUT2D eigenvalue weighted by atomic mass is 16.1. The van der Waals surface area contributed by atoms with E-state index in [9.17, 15) is 4.79 Å². The van der Waals surface area contributed by atoms with Crippen LogP contribution in [-0.4, -0.2) is 35.2 Å². The van der Waals surface area contributed by atoms with Gasteiger partial charge in [0, 0.05) is 38.8 Å². The van der Waals surface area contributed by atoms with E-state index < -0.39 is 0 Å². The Bertz CT molecular complexity index is 789. The molecule has 2 aromatic rings. The van der Waals surface area contributed by atoms with E-state index in [1.807, 2.05) is 0 Å². The zero-order valence-corrected chi connectivity index (χ0v) is 12.1. The van der Waals surface area contributed by atoms with Crippen LogP contribution in [0.5, 0.6) is 0 Å². The number of anilines is 1. The van der Waals surface area contributed by atoms with Crippen LogP contribution < -0.4 is 15.8 Å². The van der Waals surface area contributed by atoms with E-state index >= 15 is 0 Å². The average molecular weight is 283 g/mol. The van der Waals surface area contributed by atoms with Crippen molar-refractivity contribution in [1.29, 1.82) is 5.26 Å². The third kappa shape index (κ3) is 2.26. The van der Waals surface area contributed by atoms with Crippen LogP contribution in [0, 0.1) is 11.3 Å². The monoisotopic (exact) mass is 283 g/mol. The Hall–Kier alpha value is -2.39. The van der Waals surface area contributed by atoms with Gasteiger partial charge >= 0.3 is 0 Å². The summed E-state index contributed by atoms with van der Waals surface area (Å²) in [6.45, 7) is 4.68. The average Bonchev–Trinajstić information content (AvgIpc) is 2.51. The lowest BCUT2D eigenvalue weighted by Gasteiger charge is -2.36. The van der Waals surface area contributed by atoms with Crippen molar-refractivity contribution in [2.75, 3.05) is 24.5 Å². The minimum Gasteiger partial charge on any atom is -0.364 e. The number of aryl methyl sites for hydroxylation is 1. The molecule has 0 unspecified atom stereocenters. The van der Waals surface area contributed by atoms with Crippen LogP contribution in [0.1, 0.15) is 12.6 Å². The third-order valence-electron chi connectivity index (χ3n) is 3.99. The molecule has 108 valence electrons. The fourth-order valence-corrected chi connectivity index (χ4v) is 2.79. The van der Waals surface area contributed by atoms with Crippen LogP contribution in [0.3, 0.4) is 0 Å². The van der Waals surface area contributed by atoms with Crippen LogP contribution in [0.25, 0.3) is 11.0 Å². The first kappa shape index (κ1) is 13.6. The summed E-state index contributed by atoms with van der Waals surface area (Å²) < 4.78 is 1.57. The molecule has 0 saturated carbocycles. The van der Waals surface area contributed by atoms with Gasteiger partial charge in [-0.2, -0.15) is 5.26 Å². The second kappa shape index (κ2) is 5.19. The maximum Gasteiger partial charge on any atom is 0.252 e. The Morgan fingerprint density at radius 2 is 2.29 bits per heavy atom. The summed E-state index contributed by atoms with van der Waals surface area (Å²) in [5.41, 5.74) is 2.59. The van der Waals surface area contributed by atoms with E-state index in [0.29, 0.717) is 11.2 Å². The molecule has 3 rings (SSSR count). The Morgan fingerprint density at radius 1 is 1.48 bits per heavy atom. The molecule has 0 aromatic carbocycles. The highest BCUT2D eigenvalue weighted by Gasteiger charge is 2.22. The number of fused-ring (bicyclic) bond motifs is 1. The number of nitrogens with zero attached hydrogens (tertiary/aromatic N) is 4. The molecule has 1 atom stereocenters. The SMILES string of the molecule is C[C@H]1CNCCN1c1cc(=O)n(C)c2ccc(C#N)nc12. The summed E-state index contributed by atoms with van der Waals surface area (Å²) in [5, 5.41) is 12.4. The molecule has 1 aliphatic heterocycles. The number of hydrogen-bond acceptors (Lipinski definition) is 5. The first-order valence-corrected chi connectivity index (χ1v) is 7.00. The summed E-state index contributed by atoms with van der Waals surface area (Å²) >= 11 is 0. The Labute approximate surface area is 122 Å². The molecule has 1 fully saturated rings. The van der Waals surface area contributed by atoms with Crippen LogP contribution in [0.15, 0.2) is 23.0 Å². The van der Waals surface area contributed by atoms with E-state index in [1.165, 1.54) is 0 Å². The number of piperazine rings is 1. The minimum absolute atomic E-state index is 0.0604. The van der Waals surface area contributed by atoms with Crippen molar-refractivity contribution in [3.63, 3.8) is 0 Å². The van der Waals surface area contributed by atoms with E-state index in [2.05, 4.69) is 28.2 Å². The highest BCUT2D eigenvalue weighted by Crippen LogP contribution is 2.25. The van der Waals surface area contributed by atoms with Gasteiger partial charge in [-0.3, -0.25) is 4.79 Å². The van der Waals surface area contributed by atoms with Gasteiger partial charge in [0.1, 0.15) is 17.3 Å². The predicted molar refractivity (Wildman–Crippen MR) is 81.4 cm³/mol. The molecule has 21 heavy (non-hydrogen) atoms. The quantitative estimate of drug-likeness (QED) is 0.830. The van der Waals surface area contributed by atoms with Crippen molar-refractivity contribution in [2.24, 2.45) is 7.05 Å². The molecule has 2 aromatic heterocycles. The third-order valence-corrected chi connectivity index (χ3v) is 3.99. The van der Waals surface area contributed by atoms with E-state index in [1.54, 1.807) is 29.8 Å². The summed E-state index contributed by atoms with van der Waals surface area (Å²) in [4.78, 5) is 18.8. The van der Waals surface area contributed by atoms with Gasteiger partial charge in [-0.1, -0.05) is 0 Å². The summed E-state index contributed by atoms with van der Waals surface area (Å²) in [5.74, 6) is 0. The Morgan fingerprint density at radius 3 is 3.00 bits per heavy atom. The molecule has 0 radical (unpaired) electrons. The number of nitriles is 1. The first-order valence-electron chi connectivity index (χ1n) is 7.00. The lowest BCUT2D eigenvalue weighted by Crippen LogP contribution is -2.50. The van der Waals surface area contributed by atoms with Gasteiger partial charge in [-0.15, -0.1) is 0 Å². The molecule has 0 bridgehead atoms. The van der Waals surface area contributed by atoms with Gasteiger partial charge in [0.25, 0.3) is 5.56 Å².